The lowest BCUT2D eigenvalue weighted by atomic mass is 9.77. The number of hydrogen-bond acceptors (Lipinski definition) is 3. The van der Waals surface area contributed by atoms with Crippen LogP contribution in [0.5, 0.6) is 0 Å². The molecule has 0 aromatic carbocycles. The van der Waals surface area contributed by atoms with E-state index in [2.05, 4.69) is 42.8 Å². The molecule has 2 fully saturated rings. The van der Waals surface area contributed by atoms with Gasteiger partial charge in [-0.05, 0) is 32.2 Å². The third kappa shape index (κ3) is 3.01. The molecule has 3 nitrogen and oxygen atoms in total. The van der Waals surface area contributed by atoms with E-state index in [1.807, 2.05) is 0 Å². The average molecular weight is 239 g/mol. The fourth-order valence-electron chi connectivity index (χ4n) is 3.50. The van der Waals surface area contributed by atoms with Gasteiger partial charge >= 0.3 is 0 Å². The zero-order valence-corrected chi connectivity index (χ0v) is 12.0. The van der Waals surface area contributed by atoms with E-state index in [1.165, 1.54) is 45.7 Å². The minimum atomic E-state index is 0.430. The van der Waals surface area contributed by atoms with Gasteiger partial charge in [0.15, 0.2) is 0 Å². The second-order valence-electron chi connectivity index (χ2n) is 6.64. The Morgan fingerprint density at radius 2 is 1.76 bits per heavy atom. The fourth-order valence-corrected chi connectivity index (χ4v) is 3.50. The van der Waals surface area contributed by atoms with E-state index in [9.17, 15) is 0 Å². The van der Waals surface area contributed by atoms with Crippen LogP contribution in [-0.2, 0) is 0 Å². The monoisotopic (exact) mass is 239 g/mol. The van der Waals surface area contributed by atoms with Crippen LogP contribution in [0, 0.1) is 5.41 Å². The van der Waals surface area contributed by atoms with Gasteiger partial charge in [0.1, 0.15) is 0 Å². The Bertz CT molecular complexity index is 244. The lowest BCUT2D eigenvalue weighted by Gasteiger charge is -2.51. The highest BCUT2D eigenvalue weighted by molar-refractivity contribution is 4.95. The van der Waals surface area contributed by atoms with Crippen LogP contribution in [0.2, 0.25) is 0 Å². The van der Waals surface area contributed by atoms with Gasteiger partial charge in [0, 0.05) is 44.8 Å². The summed E-state index contributed by atoms with van der Waals surface area (Å²) in [7, 11) is 0. The van der Waals surface area contributed by atoms with Gasteiger partial charge < -0.3 is 10.2 Å². The molecular formula is C14H29N3. The minimum Gasteiger partial charge on any atom is -0.314 e. The third-order valence-corrected chi connectivity index (χ3v) is 4.53. The highest BCUT2D eigenvalue weighted by Crippen LogP contribution is 2.33. The maximum absolute atomic E-state index is 3.46. The molecule has 2 rings (SSSR count). The van der Waals surface area contributed by atoms with Crippen LogP contribution < -0.4 is 5.32 Å². The first-order valence-electron chi connectivity index (χ1n) is 7.19. The number of nitrogens with one attached hydrogen (secondary N) is 1. The maximum Gasteiger partial charge on any atom is 0.0172 e. The van der Waals surface area contributed by atoms with Crippen molar-refractivity contribution < 1.29 is 0 Å². The summed E-state index contributed by atoms with van der Waals surface area (Å²) < 4.78 is 0. The maximum atomic E-state index is 3.46. The molecule has 2 saturated heterocycles. The molecule has 0 aromatic rings. The first-order chi connectivity index (χ1) is 8.00. The van der Waals surface area contributed by atoms with E-state index >= 15 is 0 Å². The number of likely N-dealkylation sites (tertiary alicyclic amines) is 1. The summed E-state index contributed by atoms with van der Waals surface area (Å²) in [5.74, 6) is 0. The van der Waals surface area contributed by atoms with Crippen LogP contribution in [0.25, 0.3) is 0 Å². The molecule has 0 amide bonds. The van der Waals surface area contributed by atoms with Crippen molar-refractivity contribution in [3.05, 3.63) is 0 Å². The van der Waals surface area contributed by atoms with Crippen molar-refractivity contribution in [1.82, 2.24) is 15.1 Å². The average Bonchev–Trinajstić information content (AvgIpc) is 2.28. The summed E-state index contributed by atoms with van der Waals surface area (Å²) in [6.07, 6.45) is 1.34. The van der Waals surface area contributed by atoms with Crippen molar-refractivity contribution in [2.45, 2.75) is 46.2 Å². The van der Waals surface area contributed by atoms with Crippen LogP contribution in [-0.4, -0.2) is 61.2 Å². The lowest BCUT2D eigenvalue weighted by molar-refractivity contribution is -0.00969. The number of nitrogens with zero attached hydrogens (tertiary/aromatic N) is 2. The summed E-state index contributed by atoms with van der Waals surface area (Å²) in [6.45, 7) is 16.9. The van der Waals surface area contributed by atoms with Crippen LogP contribution in [0.4, 0.5) is 0 Å². The van der Waals surface area contributed by atoms with Gasteiger partial charge in [-0.2, -0.15) is 0 Å². The SMILES string of the molecule is CC(C)N1CCC(N2CCNCC2)C(C)(C)C1. The Hall–Kier alpha value is -0.120. The normalized spacial score (nSPS) is 31.9. The van der Waals surface area contributed by atoms with Crippen LogP contribution in [0.1, 0.15) is 34.1 Å². The quantitative estimate of drug-likeness (QED) is 0.786. The van der Waals surface area contributed by atoms with Crippen molar-refractivity contribution in [1.29, 1.82) is 0 Å². The molecule has 0 saturated carbocycles. The molecule has 1 atom stereocenters. The molecule has 2 heterocycles. The molecule has 0 spiro atoms. The summed E-state index contributed by atoms with van der Waals surface area (Å²) in [5.41, 5.74) is 0.430. The summed E-state index contributed by atoms with van der Waals surface area (Å²) in [5, 5.41) is 3.46. The Kier molecular flexibility index (Phi) is 4.11. The molecule has 100 valence electrons. The number of rotatable bonds is 2. The van der Waals surface area contributed by atoms with Crippen molar-refractivity contribution in [2.75, 3.05) is 39.3 Å². The van der Waals surface area contributed by atoms with Gasteiger partial charge in [-0.25, -0.2) is 0 Å². The van der Waals surface area contributed by atoms with E-state index < -0.39 is 0 Å². The van der Waals surface area contributed by atoms with Crippen molar-refractivity contribution in [3.8, 4) is 0 Å². The fraction of sp³-hybridized carbons (Fsp3) is 1.00. The van der Waals surface area contributed by atoms with Crippen molar-refractivity contribution in [2.24, 2.45) is 5.41 Å². The highest BCUT2D eigenvalue weighted by atomic mass is 15.3. The van der Waals surface area contributed by atoms with Gasteiger partial charge in [0.2, 0.25) is 0 Å². The molecule has 0 aromatic heterocycles. The molecule has 17 heavy (non-hydrogen) atoms. The van der Waals surface area contributed by atoms with Crippen LogP contribution >= 0.6 is 0 Å². The second kappa shape index (κ2) is 5.25. The molecule has 0 radical (unpaired) electrons. The van der Waals surface area contributed by atoms with E-state index in [0.29, 0.717) is 11.5 Å². The molecular weight excluding hydrogens is 210 g/mol. The predicted octanol–water partition coefficient (Wildman–Crippen LogP) is 1.40. The second-order valence-corrected chi connectivity index (χ2v) is 6.64. The number of piperidine rings is 1. The van der Waals surface area contributed by atoms with Crippen LogP contribution in [0.15, 0.2) is 0 Å². The Morgan fingerprint density at radius 3 is 2.29 bits per heavy atom. The van der Waals surface area contributed by atoms with E-state index in [-0.39, 0.29) is 0 Å². The number of hydrogen-bond donors (Lipinski definition) is 1. The van der Waals surface area contributed by atoms with Gasteiger partial charge in [-0.15, -0.1) is 0 Å². The summed E-state index contributed by atoms with van der Waals surface area (Å²) in [6, 6.07) is 1.47. The zero-order valence-electron chi connectivity index (χ0n) is 12.0. The largest absolute Gasteiger partial charge is 0.314 e. The van der Waals surface area contributed by atoms with Gasteiger partial charge in [0.25, 0.3) is 0 Å². The van der Waals surface area contributed by atoms with E-state index in [0.717, 1.165) is 6.04 Å². The standard InChI is InChI=1S/C14H29N3/c1-12(2)17-8-5-13(14(3,4)11-17)16-9-6-15-7-10-16/h12-13,15H,5-11H2,1-4H3. The highest BCUT2D eigenvalue weighted by Gasteiger charge is 2.39. The molecule has 1 N–H and O–H groups in total. The van der Waals surface area contributed by atoms with E-state index in [4.69, 9.17) is 0 Å². The number of piperazine rings is 1. The zero-order chi connectivity index (χ0) is 12.5. The molecule has 2 aliphatic heterocycles. The third-order valence-electron chi connectivity index (χ3n) is 4.53. The van der Waals surface area contributed by atoms with Crippen LogP contribution in [0.3, 0.4) is 0 Å². The minimum absolute atomic E-state index is 0.430. The molecule has 1 unspecified atom stereocenters. The molecule has 2 aliphatic rings. The molecule has 0 bridgehead atoms. The van der Waals surface area contributed by atoms with Gasteiger partial charge in [-0.3, -0.25) is 4.90 Å². The van der Waals surface area contributed by atoms with Gasteiger partial charge in [0.05, 0.1) is 0 Å². The van der Waals surface area contributed by atoms with Gasteiger partial charge in [-0.1, -0.05) is 13.8 Å². The Morgan fingerprint density at radius 1 is 1.12 bits per heavy atom. The predicted molar refractivity (Wildman–Crippen MR) is 73.3 cm³/mol. The van der Waals surface area contributed by atoms with E-state index in [1.54, 1.807) is 0 Å². The van der Waals surface area contributed by atoms with Crippen molar-refractivity contribution >= 4 is 0 Å². The first-order valence-corrected chi connectivity index (χ1v) is 7.19. The molecule has 3 heteroatoms. The Balaban J connectivity index is 1.99. The Labute approximate surface area is 107 Å². The van der Waals surface area contributed by atoms with Crippen molar-refractivity contribution in [3.63, 3.8) is 0 Å². The molecule has 0 aliphatic carbocycles. The first kappa shape index (κ1) is 13.3. The summed E-state index contributed by atoms with van der Waals surface area (Å²) in [4.78, 5) is 5.35. The smallest absolute Gasteiger partial charge is 0.0172 e. The lowest BCUT2D eigenvalue weighted by Crippen LogP contribution is -2.60. The topological polar surface area (TPSA) is 18.5 Å². The summed E-state index contributed by atoms with van der Waals surface area (Å²) >= 11 is 0.